The van der Waals surface area contributed by atoms with Gasteiger partial charge in [-0.1, -0.05) is 24.6 Å². The Bertz CT molecular complexity index is 1050. The van der Waals surface area contributed by atoms with Gasteiger partial charge in [-0.3, -0.25) is 9.59 Å². The first-order chi connectivity index (χ1) is 14.0. The molecule has 0 fully saturated rings. The Morgan fingerprint density at radius 1 is 1.17 bits per heavy atom. The highest BCUT2D eigenvalue weighted by atomic mass is 32.1. The summed E-state index contributed by atoms with van der Waals surface area (Å²) in [5.41, 5.74) is 8.58. The van der Waals surface area contributed by atoms with Gasteiger partial charge in [-0.15, -0.1) is 11.3 Å². The van der Waals surface area contributed by atoms with Gasteiger partial charge in [0.05, 0.1) is 17.7 Å². The van der Waals surface area contributed by atoms with Gasteiger partial charge in [-0.2, -0.15) is 0 Å². The van der Waals surface area contributed by atoms with Crippen molar-refractivity contribution in [2.24, 2.45) is 5.73 Å². The van der Waals surface area contributed by atoms with Crippen LogP contribution in [-0.4, -0.2) is 16.8 Å². The number of primary amides is 1. The summed E-state index contributed by atoms with van der Waals surface area (Å²) >= 11 is 1.47. The van der Waals surface area contributed by atoms with Crippen LogP contribution in [0.25, 0.3) is 11.5 Å². The molecule has 0 bridgehead atoms. The van der Waals surface area contributed by atoms with Gasteiger partial charge in [0.15, 0.2) is 0 Å². The van der Waals surface area contributed by atoms with E-state index in [0.717, 1.165) is 48.1 Å². The topological polar surface area (TPSA) is 98.2 Å². The monoisotopic (exact) mass is 409 g/mol. The van der Waals surface area contributed by atoms with Crippen molar-refractivity contribution in [1.29, 1.82) is 0 Å². The normalized spacial score (nSPS) is 13.6. The molecule has 0 saturated carbocycles. The van der Waals surface area contributed by atoms with Gasteiger partial charge in [0.2, 0.25) is 11.8 Å². The number of oxazole rings is 1. The minimum Gasteiger partial charge on any atom is -0.441 e. The minimum absolute atomic E-state index is 0.0724. The number of nitrogens with zero attached hydrogens (tertiary/aromatic N) is 1. The predicted octanol–water partition coefficient (Wildman–Crippen LogP) is 4.26. The number of thiophene rings is 1. The lowest BCUT2D eigenvalue weighted by molar-refractivity contribution is -0.115. The number of carbonyl (C=O) groups is 2. The largest absolute Gasteiger partial charge is 0.441 e. The number of nitrogens with two attached hydrogens (primary N) is 1. The van der Waals surface area contributed by atoms with Crippen LogP contribution in [0.4, 0.5) is 5.00 Å². The average molecular weight is 410 g/mol. The highest BCUT2D eigenvalue weighted by molar-refractivity contribution is 7.17. The van der Waals surface area contributed by atoms with Crippen LogP contribution in [0, 0.1) is 6.92 Å². The third kappa shape index (κ3) is 4.10. The molecule has 3 aromatic rings. The molecule has 29 heavy (non-hydrogen) atoms. The Hall–Kier alpha value is -2.93. The van der Waals surface area contributed by atoms with Gasteiger partial charge < -0.3 is 15.5 Å². The van der Waals surface area contributed by atoms with Gasteiger partial charge >= 0.3 is 0 Å². The van der Waals surface area contributed by atoms with Crippen molar-refractivity contribution in [3.63, 3.8) is 0 Å². The molecule has 0 saturated heterocycles. The van der Waals surface area contributed by atoms with E-state index in [4.69, 9.17) is 10.2 Å². The predicted molar refractivity (Wildman–Crippen MR) is 113 cm³/mol. The van der Waals surface area contributed by atoms with Crippen LogP contribution < -0.4 is 11.1 Å². The number of amides is 2. The molecule has 1 aliphatic rings. The van der Waals surface area contributed by atoms with Gasteiger partial charge in [0.25, 0.3) is 5.91 Å². The molecule has 150 valence electrons. The molecule has 2 aromatic heterocycles. The molecule has 2 amide bonds. The lowest BCUT2D eigenvalue weighted by atomic mass is 10.1. The van der Waals surface area contributed by atoms with Crippen LogP contribution in [0.3, 0.4) is 0 Å². The molecule has 0 spiro atoms. The average Bonchev–Trinajstić information content (AvgIpc) is 3.14. The molecule has 0 aliphatic heterocycles. The van der Waals surface area contributed by atoms with Crippen molar-refractivity contribution in [1.82, 2.24) is 4.98 Å². The SMILES string of the molecule is Cc1oc(-c2ccccc2)nc1CC(=O)Nc1sc2c(c1C(N)=O)CCCCC2. The molecule has 1 aliphatic carbocycles. The molecular formula is C22H23N3O3S. The number of fused-ring (bicyclic) bond motifs is 1. The van der Waals surface area contributed by atoms with E-state index in [1.165, 1.54) is 11.3 Å². The summed E-state index contributed by atoms with van der Waals surface area (Å²) in [4.78, 5) is 30.4. The molecule has 3 N–H and O–H groups in total. The Morgan fingerprint density at radius 2 is 1.93 bits per heavy atom. The number of nitrogens with one attached hydrogen (secondary N) is 1. The molecule has 0 radical (unpaired) electrons. The van der Waals surface area contributed by atoms with Crippen molar-refractivity contribution in [2.45, 2.75) is 45.4 Å². The first-order valence-corrected chi connectivity index (χ1v) is 10.6. The Balaban J connectivity index is 1.54. The van der Waals surface area contributed by atoms with E-state index in [9.17, 15) is 9.59 Å². The molecule has 7 heteroatoms. The molecule has 0 atom stereocenters. The summed E-state index contributed by atoms with van der Waals surface area (Å²) in [7, 11) is 0. The quantitative estimate of drug-likeness (QED) is 0.615. The zero-order valence-electron chi connectivity index (χ0n) is 16.3. The molecular weight excluding hydrogens is 386 g/mol. The lowest BCUT2D eigenvalue weighted by Crippen LogP contribution is -2.19. The van der Waals surface area contributed by atoms with Crippen molar-refractivity contribution in [3.05, 3.63) is 57.8 Å². The van der Waals surface area contributed by atoms with E-state index in [2.05, 4.69) is 10.3 Å². The van der Waals surface area contributed by atoms with Crippen molar-refractivity contribution in [3.8, 4) is 11.5 Å². The number of benzene rings is 1. The van der Waals surface area contributed by atoms with Crippen LogP contribution in [0.15, 0.2) is 34.7 Å². The van der Waals surface area contributed by atoms with Crippen molar-refractivity contribution < 1.29 is 14.0 Å². The number of aryl methyl sites for hydroxylation is 2. The summed E-state index contributed by atoms with van der Waals surface area (Å²) in [6, 6.07) is 9.56. The van der Waals surface area contributed by atoms with E-state index >= 15 is 0 Å². The summed E-state index contributed by atoms with van der Waals surface area (Å²) in [6.07, 6.45) is 5.12. The second-order valence-electron chi connectivity index (χ2n) is 7.25. The molecule has 4 rings (SSSR count). The van der Waals surface area contributed by atoms with Gasteiger partial charge in [-0.05, 0) is 50.3 Å². The molecule has 0 unspecified atom stereocenters. The van der Waals surface area contributed by atoms with E-state index in [0.29, 0.717) is 27.9 Å². The third-order valence-corrected chi connectivity index (χ3v) is 6.37. The van der Waals surface area contributed by atoms with Gasteiger partial charge in [-0.25, -0.2) is 4.98 Å². The number of aromatic nitrogens is 1. The van der Waals surface area contributed by atoms with Gasteiger partial charge in [0, 0.05) is 10.4 Å². The highest BCUT2D eigenvalue weighted by Gasteiger charge is 2.25. The number of carbonyl (C=O) groups excluding carboxylic acids is 2. The Labute approximate surface area is 173 Å². The second kappa shape index (κ2) is 8.21. The van der Waals surface area contributed by atoms with Crippen LogP contribution >= 0.6 is 11.3 Å². The van der Waals surface area contributed by atoms with E-state index < -0.39 is 5.91 Å². The second-order valence-corrected chi connectivity index (χ2v) is 8.35. The van der Waals surface area contributed by atoms with E-state index in [1.807, 2.05) is 30.3 Å². The maximum Gasteiger partial charge on any atom is 0.251 e. The van der Waals surface area contributed by atoms with E-state index in [-0.39, 0.29) is 12.3 Å². The highest BCUT2D eigenvalue weighted by Crippen LogP contribution is 2.37. The summed E-state index contributed by atoms with van der Waals surface area (Å²) in [6.45, 7) is 1.80. The minimum atomic E-state index is -0.483. The maximum absolute atomic E-state index is 12.7. The Kier molecular flexibility index (Phi) is 5.49. The smallest absolute Gasteiger partial charge is 0.251 e. The third-order valence-electron chi connectivity index (χ3n) is 5.16. The first kappa shape index (κ1) is 19.4. The Morgan fingerprint density at radius 3 is 2.69 bits per heavy atom. The van der Waals surface area contributed by atoms with Crippen molar-refractivity contribution >= 4 is 28.2 Å². The number of anilines is 1. The fourth-order valence-electron chi connectivity index (χ4n) is 3.71. The fraction of sp³-hybridized carbons (Fsp3) is 0.318. The zero-order chi connectivity index (χ0) is 20.4. The molecule has 1 aromatic carbocycles. The number of hydrogen-bond donors (Lipinski definition) is 2. The standard InChI is InChI=1S/C22H23N3O3S/c1-13-16(24-21(28-13)14-8-4-2-5-9-14)12-18(26)25-22-19(20(23)27)15-10-6-3-7-11-17(15)29-22/h2,4-5,8-9H,3,6-7,10-12H2,1H3,(H2,23,27)(H,25,26). The zero-order valence-corrected chi connectivity index (χ0v) is 17.1. The van der Waals surface area contributed by atoms with Crippen molar-refractivity contribution in [2.75, 3.05) is 5.32 Å². The molecule has 6 nitrogen and oxygen atoms in total. The van der Waals surface area contributed by atoms with Crippen LogP contribution in [-0.2, 0) is 24.1 Å². The van der Waals surface area contributed by atoms with Gasteiger partial charge in [0.1, 0.15) is 10.8 Å². The summed E-state index contributed by atoms with van der Waals surface area (Å²) < 4.78 is 5.73. The fourth-order valence-corrected chi connectivity index (χ4v) is 5.02. The number of rotatable bonds is 5. The summed E-state index contributed by atoms with van der Waals surface area (Å²) in [5.74, 6) is 0.381. The van der Waals surface area contributed by atoms with Crippen LogP contribution in [0.5, 0.6) is 0 Å². The maximum atomic E-state index is 12.7. The lowest BCUT2D eigenvalue weighted by Gasteiger charge is -2.05. The van der Waals surface area contributed by atoms with Crippen LogP contribution in [0.1, 0.15) is 51.5 Å². The van der Waals surface area contributed by atoms with Crippen LogP contribution in [0.2, 0.25) is 0 Å². The first-order valence-electron chi connectivity index (χ1n) is 9.79. The summed E-state index contributed by atoms with van der Waals surface area (Å²) in [5, 5.41) is 3.45. The number of hydrogen-bond acceptors (Lipinski definition) is 5. The van der Waals surface area contributed by atoms with E-state index in [1.54, 1.807) is 6.92 Å². The molecule has 2 heterocycles.